The largest absolute Gasteiger partial charge is 0.324 e. The lowest BCUT2D eigenvalue weighted by Gasteiger charge is -2.24. The smallest absolute Gasteiger partial charge is 0.226 e. The van der Waals surface area contributed by atoms with E-state index in [0.29, 0.717) is 17.2 Å². The molecule has 1 atom stereocenters. The van der Waals surface area contributed by atoms with Gasteiger partial charge in [-0.25, -0.2) is 13.5 Å². The number of aromatic nitrogens is 3. The molecule has 1 N–H and O–H groups in total. The summed E-state index contributed by atoms with van der Waals surface area (Å²) in [5.74, 6) is -1.19. The van der Waals surface area contributed by atoms with Gasteiger partial charge >= 0.3 is 0 Å². The van der Waals surface area contributed by atoms with Crippen molar-refractivity contribution in [2.75, 3.05) is 5.32 Å². The van der Waals surface area contributed by atoms with Gasteiger partial charge in [0.25, 0.3) is 0 Å². The molecule has 6 heteroatoms. The highest BCUT2D eigenvalue weighted by atomic mass is 19.2. The minimum absolute atomic E-state index is 0.174. The fourth-order valence-electron chi connectivity index (χ4n) is 2.77. The second kappa shape index (κ2) is 5.56. The van der Waals surface area contributed by atoms with Gasteiger partial charge < -0.3 is 5.32 Å². The van der Waals surface area contributed by atoms with Crippen molar-refractivity contribution >= 4 is 11.6 Å². The SMILES string of the molecule is Cc1ccc([C@@H]2C=C(c3ccc(F)c(F)c3)Nc3ncnn32)cc1. The van der Waals surface area contributed by atoms with Crippen molar-refractivity contribution in [3.63, 3.8) is 0 Å². The number of hydrogen-bond acceptors (Lipinski definition) is 3. The van der Waals surface area contributed by atoms with Gasteiger partial charge in [-0.1, -0.05) is 29.8 Å². The summed E-state index contributed by atoms with van der Waals surface area (Å²) >= 11 is 0. The van der Waals surface area contributed by atoms with E-state index in [2.05, 4.69) is 15.4 Å². The summed E-state index contributed by atoms with van der Waals surface area (Å²) in [6.07, 6.45) is 3.39. The Morgan fingerprint density at radius 2 is 1.83 bits per heavy atom. The Bertz CT molecular complexity index is 928. The maximum atomic E-state index is 13.6. The summed E-state index contributed by atoms with van der Waals surface area (Å²) in [6.45, 7) is 2.02. The van der Waals surface area contributed by atoms with Gasteiger partial charge in [-0.15, -0.1) is 0 Å². The first kappa shape index (κ1) is 14.6. The van der Waals surface area contributed by atoms with Crippen LogP contribution < -0.4 is 5.32 Å². The molecule has 0 saturated heterocycles. The molecule has 0 unspecified atom stereocenters. The molecule has 0 aliphatic carbocycles. The van der Waals surface area contributed by atoms with Crippen LogP contribution in [0.5, 0.6) is 0 Å². The van der Waals surface area contributed by atoms with E-state index < -0.39 is 11.6 Å². The van der Waals surface area contributed by atoms with Gasteiger partial charge in [0.2, 0.25) is 5.95 Å². The molecule has 1 aliphatic rings. The molecule has 3 aromatic rings. The van der Waals surface area contributed by atoms with E-state index in [1.807, 2.05) is 37.3 Å². The number of rotatable bonds is 2. The molecule has 1 aromatic heterocycles. The van der Waals surface area contributed by atoms with Gasteiger partial charge in [0.05, 0.1) is 0 Å². The fraction of sp³-hybridized carbons (Fsp3) is 0.111. The minimum Gasteiger partial charge on any atom is -0.324 e. The van der Waals surface area contributed by atoms with Crippen molar-refractivity contribution in [2.24, 2.45) is 0 Å². The maximum Gasteiger partial charge on any atom is 0.226 e. The molecule has 0 bridgehead atoms. The van der Waals surface area contributed by atoms with Crippen LogP contribution in [0.2, 0.25) is 0 Å². The second-order valence-electron chi connectivity index (χ2n) is 5.72. The van der Waals surface area contributed by atoms with Gasteiger partial charge in [0, 0.05) is 11.3 Å². The van der Waals surface area contributed by atoms with Gasteiger partial charge in [-0.05, 0) is 36.8 Å². The summed E-state index contributed by atoms with van der Waals surface area (Å²) in [5, 5.41) is 7.37. The van der Waals surface area contributed by atoms with Gasteiger partial charge in [0.15, 0.2) is 11.6 Å². The monoisotopic (exact) mass is 324 g/mol. The standard InChI is InChI=1S/C18H14F2N4/c1-11-2-4-12(5-3-11)17-9-16(23-18-21-10-22-24(17)18)13-6-7-14(19)15(20)8-13/h2-10,17H,1H3,(H,21,22,23)/t17-/m0/s1. The van der Waals surface area contributed by atoms with Crippen LogP contribution in [0.4, 0.5) is 14.7 Å². The molecule has 2 aromatic carbocycles. The number of nitrogens with zero attached hydrogens (tertiary/aromatic N) is 3. The predicted octanol–water partition coefficient (Wildman–Crippen LogP) is 3.92. The van der Waals surface area contributed by atoms with Crippen molar-refractivity contribution in [3.05, 3.63) is 83.2 Å². The number of nitrogens with one attached hydrogen (secondary N) is 1. The number of anilines is 1. The van der Waals surface area contributed by atoms with E-state index in [0.717, 1.165) is 17.2 Å². The first-order valence-electron chi connectivity index (χ1n) is 7.52. The van der Waals surface area contributed by atoms with Crippen molar-refractivity contribution < 1.29 is 8.78 Å². The van der Waals surface area contributed by atoms with E-state index in [4.69, 9.17) is 0 Å². The van der Waals surface area contributed by atoms with E-state index in [-0.39, 0.29) is 6.04 Å². The third-order valence-corrected chi connectivity index (χ3v) is 4.06. The predicted molar refractivity (Wildman–Crippen MR) is 87.3 cm³/mol. The molecule has 0 fully saturated rings. The van der Waals surface area contributed by atoms with Crippen LogP contribution in [0.25, 0.3) is 5.70 Å². The molecule has 0 amide bonds. The topological polar surface area (TPSA) is 42.7 Å². The Kier molecular flexibility index (Phi) is 3.37. The molecular weight excluding hydrogens is 310 g/mol. The summed E-state index contributed by atoms with van der Waals surface area (Å²) < 4.78 is 28.5. The Hall–Kier alpha value is -3.02. The van der Waals surface area contributed by atoms with Crippen molar-refractivity contribution in [1.82, 2.24) is 14.8 Å². The van der Waals surface area contributed by atoms with Crippen molar-refractivity contribution in [1.29, 1.82) is 0 Å². The zero-order chi connectivity index (χ0) is 16.7. The van der Waals surface area contributed by atoms with Crippen LogP contribution in [0.3, 0.4) is 0 Å². The Balaban J connectivity index is 1.81. The highest BCUT2D eigenvalue weighted by molar-refractivity contribution is 5.77. The summed E-state index contributed by atoms with van der Waals surface area (Å²) in [6, 6.07) is 11.8. The number of benzene rings is 2. The van der Waals surface area contributed by atoms with Crippen LogP contribution >= 0.6 is 0 Å². The molecule has 24 heavy (non-hydrogen) atoms. The van der Waals surface area contributed by atoms with Crippen LogP contribution in [-0.4, -0.2) is 14.8 Å². The van der Waals surface area contributed by atoms with Crippen LogP contribution in [-0.2, 0) is 0 Å². The van der Waals surface area contributed by atoms with E-state index in [1.54, 1.807) is 4.68 Å². The van der Waals surface area contributed by atoms with E-state index in [9.17, 15) is 8.78 Å². The molecule has 4 nitrogen and oxygen atoms in total. The number of fused-ring (bicyclic) bond motifs is 1. The molecule has 2 heterocycles. The lowest BCUT2D eigenvalue weighted by Crippen LogP contribution is -2.20. The van der Waals surface area contributed by atoms with Crippen molar-refractivity contribution in [2.45, 2.75) is 13.0 Å². The molecule has 0 spiro atoms. The van der Waals surface area contributed by atoms with Crippen LogP contribution in [0.1, 0.15) is 22.7 Å². The average molecular weight is 324 g/mol. The fourth-order valence-corrected chi connectivity index (χ4v) is 2.77. The number of aryl methyl sites for hydroxylation is 1. The number of hydrogen-bond donors (Lipinski definition) is 1. The lowest BCUT2D eigenvalue weighted by molar-refractivity contribution is 0.508. The maximum absolute atomic E-state index is 13.6. The van der Waals surface area contributed by atoms with E-state index >= 15 is 0 Å². The summed E-state index contributed by atoms with van der Waals surface area (Å²) in [7, 11) is 0. The van der Waals surface area contributed by atoms with Gasteiger partial charge in [-0.3, -0.25) is 0 Å². The summed E-state index contributed by atoms with van der Waals surface area (Å²) in [4.78, 5) is 4.20. The van der Waals surface area contributed by atoms with Crippen LogP contribution in [0, 0.1) is 18.6 Å². The molecule has 0 saturated carbocycles. The first-order chi connectivity index (χ1) is 11.6. The van der Waals surface area contributed by atoms with Gasteiger partial charge in [-0.2, -0.15) is 10.1 Å². The molecule has 0 radical (unpaired) electrons. The molecule has 120 valence electrons. The third kappa shape index (κ3) is 2.46. The zero-order valence-electron chi connectivity index (χ0n) is 12.9. The zero-order valence-corrected chi connectivity index (χ0v) is 12.9. The normalized spacial score (nSPS) is 16.3. The average Bonchev–Trinajstić information content (AvgIpc) is 3.06. The van der Waals surface area contributed by atoms with Crippen molar-refractivity contribution in [3.8, 4) is 0 Å². The molecular formula is C18H14F2N4. The Labute approximate surface area is 137 Å². The molecule has 4 rings (SSSR count). The van der Waals surface area contributed by atoms with Gasteiger partial charge in [0.1, 0.15) is 12.4 Å². The number of allylic oxidation sites excluding steroid dienone is 1. The highest BCUT2D eigenvalue weighted by Crippen LogP contribution is 2.32. The summed E-state index contributed by atoms with van der Waals surface area (Å²) in [5.41, 5.74) is 3.42. The number of halogens is 2. The lowest BCUT2D eigenvalue weighted by atomic mass is 10.0. The van der Waals surface area contributed by atoms with E-state index in [1.165, 1.54) is 18.5 Å². The third-order valence-electron chi connectivity index (χ3n) is 4.06. The van der Waals surface area contributed by atoms with Crippen LogP contribution in [0.15, 0.2) is 54.9 Å². The second-order valence-corrected chi connectivity index (χ2v) is 5.72. The quantitative estimate of drug-likeness (QED) is 0.777. The first-order valence-corrected chi connectivity index (χ1v) is 7.52. The Morgan fingerprint density at radius 3 is 2.58 bits per heavy atom. The highest BCUT2D eigenvalue weighted by Gasteiger charge is 2.23. The Morgan fingerprint density at radius 1 is 1.04 bits per heavy atom. The molecule has 1 aliphatic heterocycles. The minimum atomic E-state index is -0.880.